The molecule has 0 aromatic heterocycles. The molecular formula is C8H19AlO2. The van der Waals surface area contributed by atoms with Crippen LogP contribution in [-0.2, 0) is 9.59 Å². The van der Waals surface area contributed by atoms with Gasteiger partial charge < -0.3 is 13.9 Å². The van der Waals surface area contributed by atoms with Crippen LogP contribution in [0.5, 0.6) is 0 Å². The third-order valence-corrected chi connectivity index (χ3v) is 0.544. The van der Waals surface area contributed by atoms with Crippen molar-refractivity contribution in [2.75, 3.05) is 0 Å². The Balaban J connectivity index is -0.0000000178. The maximum absolute atomic E-state index is 9.50. The Morgan fingerprint density at radius 1 is 0.909 bits per heavy atom. The van der Waals surface area contributed by atoms with Crippen LogP contribution in [0.2, 0.25) is 0 Å². The van der Waals surface area contributed by atoms with Gasteiger partial charge in [-0.15, -0.1) is 0 Å². The number of carbonyl (C=O) groups excluding carboxylic acids is 2. The first kappa shape index (κ1) is 17.1. The summed E-state index contributed by atoms with van der Waals surface area (Å²) >= 11 is 0. The van der Waals surface area contributed by atoms with Gasteiger partial charge in [-0.25, -0.2) is 0 Å². The average molecular weight is 174 g/mol. The van der Waals surface area contributed by atoms with Crippen molar-refractivity contribution in [3.05, 3.63) is 0 Å². The van der Waals surface area contributed by atoms with E-state index in [2.05, 4.69) is 0 Å². The van der Waals surface area contributed by atoms with Gasteiger partial charge in [-0.1, -0.05) is 27.7 Å². The molecule has 0 radical (unpaired) electrons. The second-order valence-electron chi connectivity index (χ2n) is 2.76. The van der Waals surface area contributed by atoms with Crippen molar-refractivity contribution in [1.82, 2.24) is 0 Å². The van der Waals surface area contributed by atoms with E-state index in [1.165, 1.54) is 0 Å². The van der Waals surface area contributed by atoms with Gasteiger partial charge in [-0.05, 0) is 0 Å². The van der Waals surface area contributed by atoms with Crippen LogP contribution in [0.25, 0.3) is 0 Å². The SMILES string of the molecule is CC(C)C=O.CC(C)C=O.[Al+3].[H-].[H-].[H-]. The molecule has 0 heterocycles. The molecule has 0 aromatic carbocycles. The Kier molecular flexibility index (Phi) is 19.5. The molecule has 0 saturated heterocycles. The minimum atomic E-state index is 0. The maximum atomic E-state index is 9.50. The van der Waals surface area contributed by atoms with E-state index < -0.39 is 0 Å². The molecular weight excluding hydrogens is 155 g/mol. The number of carbonyl (C=O) groups is 2. The molecule has 0 saturated carbocycles. The van der Waals surface area contributed by atoms with E-state index in [4.69, 9.17) is 0 Å². The van der Waals surface area contributed by atoms with Crippen LogP contribution in [0, 0.1) is 11.8 Å². The second-order valence-corrected chi connectivity index (χ2v) is 2.76. The van der Waals surface area contributed by atoms with Gasteiger partial charge in [0.15, 0.2) is 0 Å². The average Bonchev–Trinajstić information content (AvgIpc) is 1.89. The number of rotatable bonds is 2. The fourth-order valence-electron chi connectivity index (χ4n) is 0. The number of hydrogen-bond acceptors (Lipinski definition) is 2. The van der Waals surface area contributed by atoms with E-state index in [0.29, 0.717) is 0 Å². The zero-order valence-electron chi connectivity index (χ0n) is 10.7. The first-order valence-electron chi connectivity index (χ1n) is 3.45. The molecule has 0 aliphatic rings. The summed E-state index contributed by atoms with van der Waals surface area (Å²) in [6.45, 7) is 7.42. The molecule has 0 N–H and O–H groups in total. The summed E-state index contributed by atoms with van der Waals surface area (Å²) < 4.78 is 0. The normalized spacial score (nSPS) is 7.82. The summed E-state index contributed by atoms with van der Waals surface area (Å²) in [5.41, 5.74) is 0. The third kappa shape index (κ3) is 40.8. The van der Waals surface area contributed by atoms with Crippen LogP contribution in [0.3, 0.4) is 0 Å². The summed E-state index contributed by atoms with van der Waals surface area (Å²) in [5.74, 6) is 0.407. The van der Waals surface area contributed by atoms with Gasteiger partial charge >= 0.3 is 17.4 Å². The molecule has 2 nitrogen and oxygen atoms in total. The topological polar surface area (TPSA) is 34.1 Å². The molecule has 0 aliphatic heterocycles. The van der Waals surface area contributed by atoms with Crippen molar-refractivity contribution < 1.29 is 13.9 Å². The van der Waals surface area contributed by atoms with E-state index in [1.54, 1.807) is 0 Å². The molecule has 0 rings (SSSR count). The predicted octanol–water partition coefficient (Wildman–Crippen LogP) is 1.64. The number of aldehydes is 2. The monoisotopic (exact) mass is 174 g/mol. The van der Waals surface area contributed by atoms with Crippen molar-refractivity contribution in [2.24, 2.45) is 11.8 Å². The molecule has 3 heteroatoms. The summed E-state index contributed by atoms with van der Waals surface area (Å²) in [6, 6.07) is 0. The van der Waals surface area contributed by atoms with E-state index in [9.17, 15) is 9.59 Å². The van der Waals surface area contributed by atoms with Gasteiger partial charge in [0, 0.05) is 11.8 Å². The standard InChI is InChI=1S/2C4H8O.Al.3H/c2*1-4(2)3-5;;;;/h2*3-4H,1-2H3;;;;/q;;+3;3*-1. The predicted molar refractivity (Wildman–Crippen MR) is 50.9 cm³/mol. The molecule has 0 aliphatic carbocycles. The van der Waals surface area contributed by atoms with Gasteiger partial charge in [0.05, 0.1) is 0 Å². The molecule has 66 valence electrons. The van der Waals surface area contributed by atoms with Crippen molar-refractivity contribution in [3.8, 4) is 0 Å². The first-order valence-corrected chi connectivity index (χ1v) is 3.45. The maximum Gasteiger partial charge on any atom is 3.00 e. The molecule has 11 heavy (non-hydrogen) atoms. The minimum Gasteiger partial charge on any atom is -1.00 e. The van der Waals surface area contributed by atoms with E-state index in [0.717, 1.165) is 12.6 Å². The Hall–Kier alpha value is -0.128. The fraction of sp³-hybridized carbons (Fsp3) is 0.750. The third-order valence-electron chi connectivity index (χ3n) is 0.544. The Bertz CT molecular complexity index is 88.6. The fourth-order valence-corrected chi connectivity index (χ4v) is 0. The summed E-state index contributed by atoms with van der Waals surface area (Å²) in [7, 11) is 0. The second kappa shape index (κ2) is 12.5. The van der Waals surface area contributed by atoms with Crippen LogP contribution in [0.15, 0.2) is 0 Å². The Morgan fingerprint density at radius 2 is 1.00 bits per heavy atom. The summed E-state index contributed by atoms with van der Waals surface area (Å²) in [5, 5.41) is 0. The van der Waals surface area contributed by atoms with Gasteiger partial charge in [0.2, 0.25) is 0 Å². The Morgan fingerprint density at radius 3 is 1.00 bits per heavy atom. The van der Waals surface area contributed by atoms with Crippen LogP contribution < -0.4 is 0 Å². The molecule has 0 spiro atoms. The van der Waals surface area contributed by atoms with Crippen molar-refractivity contribution >= 4 is 29.9 Å². The van der Waals surface area contributed by atoms with Crippen molar-refractivity contribution in [3.63, 3.8) is 0 Å². The van der Waals surface area contributed by atoms with E-state index >= 15 is 0 Å². The summed E-state index contributed by atoms with van der Waals surface area (Å²) in [6.07, 6.45) is 1.83. The van der Waals surface area contributed by atoms with E-state index in [-0.39, 0.29) is 33.5 Å². The van der Waals surface area contributed by atoms with Gasteiger partial charge in [0.25, 0.3) is 0 Å². The quantitative estimate of drug-likeness (QED) is 0.471. The summed E-state index contributed by atoms with van der Waals surface area (Å²) in [4.78, 5) is 19.0. The van der Waals surface area contributed by atoms with E-state index in [1.807, 2.05) is 27.7 Å². The zero-order valence-corrected chi connectivity index (χ0v) is 8.86. The van der Waals surface area contributed by atoms with Crippen LogP contribution in [0.4, 0.5) is 0 Å². The van der Waals surface area contributed by atoms with Crippen LogP contribution >= 0.6 is 0 Å². The number of hydrogen-bond donors (Lipinski definition) is 0. The van der Waals surface area contributed by atoms with Crippen molar-refractivity contribution in [1.29, 1.82) is 0 Å². The van der Waals surface area contributed by atoms with Crippen LogP contribution in [-0.4, -0.2) is 29.9 Å². The smallest absolute Gasteiger partial charge is 1.00 e. The minimum absolute atomic E-state index is 0. The van der Waals surface area contributed by atoms with Gasteiger partial charge in [0.1, 0.15) is 12.6 Å². The molecule has 0 atom stereocenters. The van der Waals surface area contributed by atoms with Gasteiger partial charge in [-0.3, -0.25) is 0 Å². The van der Waals surface area contributed by atoms with Crippen molar-refractivity contribution in [2.45, 2.75) is 27.7 Å². The largest absolute Gasteiger partial charge is 3.00 e. The molecule has 0 fully saturated rings. The first-order chi connectivity index (χ1) is 4.54. The molecule has 0 unspecified atom stereocenters. The molecule has 0 bridgehead atoms. The zero-order chi connectivity index (χ0) is 8.57. The molecule has 0 aromatic rings. The molecule has 0 amide bonds. The van der Waals surface area contributed by atoms with Gasteiger partial charge in [-0.2, -0.15) is 0 Å². The van der Waals surface area contributed by atoms with Crippen LogP contribution in [0.1, 0.15) is 32.0 Å². The Labute approximate surface area is 84.0 Å².